The summed E-state index contributed by atoms with van der Waals surface area (Å²) in [5, 5.41) is 14.0. The third-order valence-electron chi connectivity index (χ3n) is 6.29. The van der Waals surface area contributed by atoms with Crippen molar-refractivity contribution < 1.29 is 9.53 Å². The summed E-state index contributed by atoms with van der Waals surface area (Å²) in [4.78, 5) is 17.5. The molecule has 0 spiro atoms. The SMILES string of the molecule is COc1cccc(C(C)(C)NC(=O)c2ccccc2Cn2cc(-c3ccc4cnccc4c3)nn2)c1. The van der Waals surface area contributed by atoms with Gasteiger partial charge in [-0.3, -0.25) is 9.78 Å². The standard InChI is InChI=1S/C29H27N5O2/c1-29(2,24-8-6-9-25(16-24)36-3)31-28(35)26-10-5-4-7-23(26)18-34-19-27(32-33-34)21-11-12-22-17-30-14-13-20(22)15-21/h4-17,19H,18H2,1-3H3,(H,31,35). The van der Waals surface area contributed by atoms with E-state index in [9.17, 15) is 4.79 Å². The normalized spacial score (nSPS) is 11.4. The molecule has 36 heavy (non-hydrogen) atoms. The van der Waals surface area contributed by atoms with Crippen LogP contribution in [0.15, 0.2) is 91.4 Å². The largest absolute Gasteiger partial charge is 0.497 e. The zero-order valence-corrected chi connectivity index (χ0v) is 20.5. The summed E-state index contributed by atoms with van der Waals surface area (Å²) < 4.78 is 7.10. The van der Waals surface area contributed by atoms with Gasteiger partial charge in [0.15, 0.2) is 0 Å². The fraction of sp³-hybridized carbons (Fsp3) is 0.172. The Kier molecular flexibility index (Phi) is 6.21. The van der Waals surface area contributed by atoms with E-state index in [0.29, 0.717) is 12.1 Å². The van der Waals surface area contributed by atoms with Crippen molar-refractivity contribution in [2.45, 2.75) is 25.9 Å². The maximum Gasteiger partial charge on any atom is 0.252 e. The molecule has 0 unspecified atom stereocenters. The van der Waals surface area contributed by atoms with Crippen molar-refractivity contribution in [2.75, 3.05) is 7.11 Å². The highest BCUT2D eigenvalue weighted by molar-refractivity contribution is 5.96. The summed E-state index contributed by atoms with van der Waals surface area (Å²) in [6, 6.07) is 23.4. The first-order chi connectivity index (χ1) is 17.4. The fourth-order valence-corrected chi connectivity index (χ4v) is 4.24. The molecule has 0 atom stereocenters. The van der Waals surface area contributed by atoms with E-state index in [1.165, 1.54) is 0 Å². The number of ether oxygens (including phenoxy) is 1. The van der Waals surface area contributed by atoms with Gasteiger partial charge in [0.25, 0.3) is 5.91 Å². The van der Waals surface area contributed by atoms with Crippen LogP contribution in [0, 0.1) is 0 Å². The highest BCUT2D eigenvalue weighted by Gasteiger charge is 2.25. The number of amides is 1. The van der Waals surface area contributed by atoms with E-state index >= 15 is 0 Å². The number of nitrogens with zero attached hydrogens (tertiary/aromatic N) is 4. The maximum absolute atomic E-state index is 13.4. The molecule has 1 N–H and O–H groups in total. The second-order valence-corrected chi connectivity index (χ2v) is 9.21. The van der Waals surface area contributed by atoms with E-state index in [1.807, 2.05) is 93.0 Å². The molecule has 7 nitrogen and oxygen atoms in total. The third-order valence-corrected chi connectivity index (χ3v) is 6.29. The Morgan fingerprint density at radius 2 is 1.86 bits per heavy atom. The molecule has 0 aliphatic carbocycles. The molecule has 0 aliphatic heterocycles. The first-order valence-corrected chi connectivity index (χ1v) is 11.7. The highest BCUT2D eigenvalue weighted by atomic mass is 16.5. The van der Waals surface area contributed by atoms with Crippen molar-refractivity contribution in [3.8, 4) is 17.0 Å². The van der Waals surface area contributed by atoms with Gasteiger partial charge in [-0.15, -0.1) is 5.10 Å². The minimum atomic E-state index is -0.592. The predicted molar refractivity (Wildman–Crippen MR) is 140 cm³/mol. The molecule has 0 saturated heterocycles. The van der Waals surface area contributed by atoms with Crippen molar-refractivity contribution in [3.63, 3.8) is 0 Å². The molecule has 5 rings (SSSR count). The van der Waals surface area contributed by atoms with Crippen molar-refractivity contribution >= 4 is 16.7 Å². The van der Waals surface area contributed by atoms with E-state index in [2.05, 4.69) is 26.7 Å². The Labute approximate surface area is 209 Å². The lowest BCUT2D eigenvalue weighted by Gasteiger charge is -2.28. The van der Waals surface area contributed by atoms with Crippen LogP contribution in [0.1, 0.15) is 35.3 Å². The summed E-state index contributed by atoms with van der Waals surface area (Å²) >= 11 is 0. The minimum Gasteiger partial charge on any atom is -0.497 e. The van der Waals surface area contributed by atoms with E-state index in [4.69, 9.17) is 4.74 Å². The van der Waals surface area contributed by atoms with Crippen LogP contribution in [0.4, 0.5) is 0 Å². The summed E-state index contributed by atoms with van der Waals surface area (Å²) in [6.07, 6.45) is 5.52. The number of methoxy groups -OCH3 is 1. The van der Waals surface area contributed by atoms with Crippen LogP contribution in [0.5, 0.6) is 5.75 Å². The van der Waals surface area contributed by atoms with Gasteiger partial charge < -0.3 is 10.1 Å². The van der Waals surface area contributed by atoms with Crippen molar-refractivity contribution in [3.05, 3.63) is 108 Å². The van der Waals surface area contributed by atoms with Gasteiger partial charge in [-0.05, 0) is 60.7 Å². The first-order valence-electron chi connectivity index (χ1n) is 11.7. The lowest BCUT2D eigenvalue weighted by Crippen LogP contribution is -2.41. The number of hydrogen-bond acceptors (Lipinski definition) is 5. The quantitative estimate of drug-likeness (QED) is 0.348. The number of benzene rings is 3. The topological polar surface area (TPSA) is 81.9 Å². The first kappa shape index (κ1) is 23.2. The molecule has 0 fully saturated rings. The van der Waals surface area contributed by atoms with Crippen molar-refractivity contribution in [1.29, 1.82) is 0 Å². The maximum atomic E-state index is 13.4. The number of nitrogens with one attached hydrogen (secondary N) is 1. The smallest absolute Gasteiger partial charge is 0.252 e. The van der Waals surface area contributed by atoms with Crippen LogP contribution in [-0.2, 0) is 12.1 Å². The molecule has 7 heteroatoms. The average Bonchev–Trinajstić information content (AvgIpc) is 3.37. The van der Waals surface area contributed by atoms with Gasteiger partial charge in [0, 0.05) is 28.9 Å². The average molecular weight is 478 g/mol. The van der Waals surface area contributed by atoms with Crippen LogP contribution in [-0.4, -0.2) is 33.0 Å². The summed E-state index contributed by atoms with van der Waals surface area (Å²) in [7, 11) is 1.63. The molecule has 180 valence electrons. The zero-order chi connectivity index (χ0) is 25.1. The van der Waals surface area contributed by atoms with Gasteiger partial charge in [0.2, 0.25) is 0 Å². The molecular formula is C29H27N5O2. The van der Waals surface area contributed by atoms with E-state index in [-0.39, 0.29) is 5.91 Å². The highest BCUT2D eigenvalue weighted by Crippen LogP contribution is 2.26. The van der Waals surface area contributed by atoms with Crippen LogP contribution in [0.25, 0.3) is 22.0 Å². The van der Waals surface area contributed by atoms with Crippen LogP contribution in [0.3, 0.4) is 0 Å². The molecule has 0 bridgehead atoms. The summed E-state index contributed by atoms with van der Waals surface area (Å²) in [5.41, 5.74) is 3.58. The number of fused-ring (bicyclic) bond motifs is 1. The van der Waals surface area contributed by atoms with Gasteiger partial charge in [-0.1, -0.05) is 47.7 Å². The monoisotopic (exact) mass is 477 g/mol. The lowest BCUT2D eigenvalue weighted by molar-refractivity contribution is 0.0910. The van der Waals surface area contributed by atoms with Gasteiger partial charge in [0.1, 0.15) is 11.4 Å². The zero-order valence-electron chi connectivity index (χ0n) is 20.5. The molecule has 0 radical (unpaired) electrons. The molecule has 0 saturated carbocycles. The molecular weight excluding hydrogens is 450 g/mol. The Bertz CT molecular complexity index is 1540. The van der Waals surface area contributed by atoms with Gasteiger partial charge in [-0.2, -0.15) is 0 Å². The number of hydrogen-bond donors (Lipinski definition) is 1. The number of pyridine rings is 1. The van der Waals surface area contributed by atoms with Crippen molar-refractivity contribution in [1.82, 2.24) is 25.3 Å². The van der Waals surface area contributed by atoms with Crippen LogP contribution >= 0.6 is 0 Å². The number of rotatable bonds is 7. The van der Waals surface area contributed by atoms with Crippen LogP contribution in [0.2, 0.25) is 0 Å². The van der Waals surface area contributed by atoms with Gasteiger partial charge >= 0.3 is 0 Å². The van der Waals surface area contributed by atoms with E-state index < -0.39 is 5.54 Å². The molecule has 0 aliphatic rings. The van der Waals surface area contributed by atoms with E-state index in [0.717, 1.165) is 38.9 Å². The molecule has 3 aromatic carbocycles. The number of carbonyl (C=O) groups is 1. The van der Waals surface area contributed by atoms with Crippen LogP contribution < -0.4 is 10.1 Å². The number of carbonyl (C=O) groups excluding carboxylic acids is 1. The van der Waals surface area contributed by atoms with Gasteiger partial charge in [-0.25, -0.2) is 4.68 Å². The molecule has 2 heterocycles. The fourth-order valence-electron chi connectivity index (χ4n) is 4.24. The Hall–Kier alpha value is -4.52. The Morgan fingerprint density at radius 3 is 2.72 bits per heavy atom. The summed E-state index contributed by atoms with van der Waals surface area (Å²) in [5.74, 6) is 0.599. The molecule has 1 amide bonds. The molecule has 2 aromatic heterocycles. The third kappa shape index (κ3) is 4.81. The summed E-state index contributed by atoms with van der Waals surface area (Å²) in [6.45, 7) is 4.38. The minimum absolute atomic E-state index is 0.151. The van der Waals surface area contributed by atoms with Crippen molar-refractivity contribution in [2.24, 2.45) is 0 Å². The second-order valence-electron chi connectivity index (χ2n) is 9.21. The number of aromatic nitrogens is 4. The predicted octanol–water partition coefficient (Wildman–Crippen LogP) is 5.22. The Morgan fingerprint density at radius 1 is 1.00 bits per heavy atom. The Balaban J connectivity index is 1.36. The van der Waals surface area contributed by atoms with E-state index in [1.54, 1.807) is 18.0 Å². The lowest BCUT2D eigenvalue weighted by atomic mass is 9.93. The second kappa shape index (κ2) is 9.62. The van der Waals surface area contributed by atoms with Gasteiger partial charge in [0.05, 0.1) is 25.4 Å². The molecule has 5 aromatic rings.